The molecule has 0 spiro atoms. The molecule has 0 aliphatic rings. The molecule has 0 aromatic carbocycles. The van der Waals surface area contributed by atoms with E-state index in [4.69, 9.17) is 0 Å². The van der Waals surface area contributed by atoms with Gasteiger partial charge in [-0.15, -0.1) is 0 Å². The molecule has 0 radical (unpaired) electrons. The van der Waals surface area contributed by atoms with Crippen molar-refractivity contribution in [1.29, 1.82) is 0 Å². The molecule has 0 N–H and O–H groups in total. The van der Waals surface area contributed by atoms with Gasteiger partial charge in [-0.1, -0.05) is 0 Å². The molecule has 8 heteroatoms. The van der Waals surface area contributed by atoms with Crippen LogP contribution >= 0.6 is 117 Å². The quantitative estimate of drug-likeness (QED) is 0.260. The van der Waals surface area contributed by atoms with Crippen molar-refractivity contribution in [1.82, 2.24) is 0 Å². The van der Waals surface area contributed by atoms with E-state index in [-0.39, 0.29) is 23.7 Å². The second-order valence-electron chi connectivity index (χ2n) is 0.486. The van der Waals surface area contributed by atoms with Crippen LogP contribution in [0.3, 0.4) is 0 Å². The van der Waals surface area contributed by atoms with Crippen LogP contribution in [0.15, 0.2) is 0 Å². The molecule has 0 fully saturated rings. The van der Waals surface area contributed by atoms with E-state index in [2.05, 4.69) is 93.1 Å². The zero-order valence-electron chi connectivity index (χ0n) is 3.02. The Bertz CT molecular complexity index is 45.1. The minimum atomic E-state index is -0.334. The van der Waals surface area contributed by atoms with Crippen molar-refractivity contribution in [3.8, 4) is 0 Å². The fraction of sp³-hybridized carbons (Fsp3) is 0. The SMILES string of the molecule is II(I)I(I)I(I)I. The van der Waals surface area contributed by atoms with Gasteiger partial charge in [0, 0.05) is 0 Å². The van der Waals surface area contributed by atoms with Crippen molar-refractivity contribution in [2.75, 3.05) is 0 Å². The molecule has 0 aliphatic carbocycles. The molecule has 0 saturated carbocycles. The summed E-state index contributed by atoms with van der Waals surface area (Å²) in [4.78, 5) is 0. The van der Waals surface area contributed by atoms with Crippen LogP contribution < -0.4 is 0 Å². The predicted molar refractivity (Wildman–Crippen MR) is 112 cm³/mol. The van der Waals surface area contributed by atoms with Gasteiger partial charge in [0.2, 0.25) is 0 Å². The Balaban J connectivity index is 3.46. The van der Waals surface area contributed by atoms with Crippen molar-refractivity contribution < 1.29 is 0 Å². The van der Waals surface area contributed by atoms with Crippen molar-refractivity contribution >= 4 is 117 Å². The average molecular weight is 1020 g/mol. The summed E-state index contributed by atoms with van der Waals surface area (Å²) in [5, 5.41) is 0. The van der Waals surface area contributed by atoms with Gasteiger partial charge >= 0.3 is 117 Å². The monoisotopic (exact) mass is 1020 g/mol. The molecule has 0 atom stereocenters. The predicted octanol–water partition coefficient (Wildman–Crippen LogP) is 7.09. The van der Waals surface area contributed by atoms with Crippen LogP contribution in [0.25, 0.3) is 0 Å². The molecule has 0 aromatic heterocycles. The van der Waals surface area contributed by atoms with E-state index in [1.54, 1.807) is 0 Å². The van der Waals surface area contributed by atoms with E-state index >= 15 is 0 Å². The first-order chi connectivity index (χ1) is 3.55. The number of hydrogen-bond donors (Lipinski definition) is 0. The molecule has 0 unspecified atom stereocenters. The summed E-state index contributed by atoms with van der Waals surface area (Å²) in [5.41, 5.74) is 0. The Morgan fingerprint density at radius 1 is 0.625 bits per heavy atom. The topological polar surface area (TPSA) is 0 Å². The molecule has 0 aromatic rings. The number of halogens is 8. The van der Waals surface area contributed by atoms with Gasteiger partial charge < -0.3 is 0 Å². The van der Waals surface area contributed by atoms with E-state index in [1.165, 1.54) is 0 Å². The Kier molecular flexibility index (Phi) is 14.1. The summed E-state index contributed by atoms with van der Waals surface area (Å²) < 4.78 is 0. The molecule has 56 valence electrons. The zero-order chi connectivity index (χ0) is 6.73. The van der Waals surface area contributed by atoms with Crippen molar-refractivity contribution in [3.63, 3.8) is 0 Å². The van der Waals surface area contributed by atoms with Gasteiger partial charge in [-0.05, 0) is 0 Å². The first-order valence-electron chi connectivity index (χ1n) is 1.000. The summed E-state index contributed by atoms with van der Waals surface area (Å²) in [6.07, 6.45) is 0. The first-order valence-corrected chi connectivity index (χ1v) is 45.0. The standard InChI is InChI=1S/I8/c1-6(2)8(5)7(3)4. The van der Waals surface area contributed by atoms with Crippen LogP contribution in [0, 0.1) is 0 Å². The van der Waals surface area contributed by atoms with E-state index in [9.17, 15) is 0 Å². The third-order valence-electron chi connectivity index (χ3n) is 0.163. The fourth-order valence-corrected chi connectivity index (χ4v) is 419. The summed E-state index contributed by atoms with van der Waals surface area (Å²) in [6, 6.07) is 0. The normalized spacial score (nSPS) is 15.4. The van der Waals surface area contributed by atoms with Crippen LogP contribution in [0.2, 0.25) is 0 Å². The number of hydrogen-bond acceptors (Lipinski definition) is 0. The van der Waals surface area contributed by atoms with Crippen LogP contribution in [0.4, 0.5) is 0 Å². The Hall–Kier alpha value is 5.84. The number of rotatable bonds is 2. The second kappa shape index (κ2) is 8.17. The zero-order valence-corrected chi connectivity index (χ0v) is 20.3. The molecule has 0 heterocycles. The van der Waals surface area contributed by atoms with Crippen LogP contribution in [-0.2, 0) is 0 Å². The minimum absolute atomic E-state index is 0.275. The third kappa shape index (κ3) is 7.26. The van der Waals surface area contributed by atoms with E-state index in [1.807, 2.05) is 0 Å². The first kappa shape index (κ1) is 13.8. The molecule has 0 aliphatic heterocycles. The second-order valence-corrected chi connectivity index (χ2v) is 147. The Labute approximate surface area is 111 Å². The van der Waals surface area contributed by atoms with Gasteiger partial charge in [-0.3, -0.25) is 0 Å². The van der Waals surface area contributed by atoms with Gasteiger partial charge in [0.15, 0.2) is 0 Å². The fourth-order valence-electron chi connectivity index (χ4n) is 0.0309. The van der Waals surface area contributed by atoms with Gasteiger partial charge in [0.25, 0.3) is 0 Å². The van der Waals surface area contributed by atoms with Crippen LogP contribution in [0.1, 0.15) is 0 Å². The van der Waals surface area contributed by atoms with E-state index in [0.29, 0.717) is 0 Å². The summed E-state index contributed by atoms with van der Waals surface area (Å²) in [6.45, 7) is 0. The van der Waals surface area contributed by atoms with Gasteiger partial charge in [0.1, 0.15) is 0 Å². The van der Waals surface area contributed by atoms with E-state index < -0.39 is 0 Å². The van der Waals surface area contributed by atoms with Gasteiger partial charge in [0.05, 0.1) is 0 Å². The molecule has 0 saturated heterocycles. The van der Waals surface area contributed by atoms with Gasteiger partial charge in [-0.2, -0.15) is 0 Å². The molecule has 0 amide bonds. The van der Waals surface area contributed by atoms with E-state index in [0.717, 1.165) is 0 Å². The summed E-state index contributed by atoms with van der Waals surface area (Å²) in [5.74, 6) is 0. The Morgan fingerprint density at radius 2 is 0.875 bits per heavy atom. The third-order valence-corrected chi connectivity index (χ3v) is 331. The van der Waals surface area contributed by atoms with Crippen molar-refractivity contribution in [3.05, 3.63) is 0 Å². The van der Waals surface area contributed by atoms with Crippen molar-refractivity contribution in [2.24, 2.45) is 0 Å². The van der Waals surface area contributed by atoms with Crippen LogP contribution in [0.5, 0.6) is 0 Å². The molecular formula is I8. The molecule has 0 nitrogen and oxygen atoms in total. The molecule has 0 bridgehead atoms. The summed E-state index contributed by atoms with van der Waals surface area (Å²) in [7, 11) is -0.942. The summed E-state index contributed by atoms with van der Waals surface area (Å²) >= 11 is 13.7. The maximum absolute atomic E-state index is 2.79. The maximum atomic E-state index is 2.79. The molecule has 8 heavy (non-hydrogen) atoms. The molecular weight excluding hydrogens is 1020 g/mol. The van der Waals surface area contributed by atoms with Crippen LogP contribution in [-0.4, -0.2) is 0 Å². The molecule has 0 rings (SSSR count). The van der Waals surface area contributed by atoms with Crippen molar-refractivity contribution in [2.45, 2.75) is 0 Å². The Morgan fingerprint density at radius 3 is 0.875 bits per heavy atom. The van der Waals surface area contributed by atoms with Gasteiger partial charge in [-0.25, -0.2) is 0 Å². The average Bonchev–Trinajstić information content (AvgIpc) is 1.64.